The summed E-state index contributed by atoms with van der Waals surface area (Å²) >= 11 is 0. The SMILES string of the molecule is C[C@H]1CCC2(NC=O)[C@H]1[C@@H]1[C@H](CC[C@@H]2C)C1(C)C. The lowest BCUT2D eigenvalue weighted by Gasteiger charge is -2.42. The molecular weight excluding hydrogens is 222 g/mol. The van der Waals surface area contributed by atoms with Gasteiger partial charge in [-0.2, -0.15) is 0 Å². The van der Waals surface area contributed by atoms with Crippen LogP contribution < -0.4 is 5.32 Å². The van der Waals surface area contributed by atoms with Crippen LogP contribution in [0, 0.1) is 35.0 Å². The van der Waals surface area contributed by atoms with Crippen molar-refractivity contribution in [2.75, 3.05) is 0 Å². The van der Waals surface area contributed by atoms with Gasteiger partial charge in [-0.25, -0.2) is 0 Å². The summed E-state index contributed by atoms with van der Waals surface area (Å²) in [6.45, 7) is 9.64. The zero-order valence-electron chi connectivity index (χ0n) is 12.2. The minimum atomic E-state index is 0.106. The summed E-state index contributed by atoms with van der Waals surface area (Å²) in [6.07, 6.45) is 6.10. The van der Waals surface area contributed by atoms with Gasteiger partial charge in [0.2, 0.25) is 6.41 Å². The summed E-state index contributed by atoms with van der Waals surface area (Å²) in [6, 6.07) is 0. The van der Waals surface area contributed by atoms with Crippen molar-refractivity contribution in [1.82, 2.24) is 5.32 Å². The number of hydrogen-bond donors (Lipinski definition) is 1. The number of carbonyl (C=O) groups excluding carboxylic acids is 1. The Hall–Kier alpha value is -0.530. The number of amides is 1. The van der Waals surface area contributed by atoms with Gasteiger partial charge in [0.05, 0.1) is 0 Å². The molecule has 0 aromatic carbocycles. The lowest BCUT2D eigenvalue weighted by atomic mass is 9.71. The largest absolute Gasteiger partial charge is 0.353 e. The van der Waals surface area contributed by atoms with Gasteiger partial charge >= 0.3 is 0 Å². The molecule has 1 N–H and O–H groups in total. The number of fused-ring (bicyclic) bond motifs is 3. The second kappa shape index (κ2) is 3.74. The number of rotatable bonds is 2. The Balaban J connectivity index is 2.00. The molecule has 3 fully saturated rings. The standard InChI is InChI=1S/C16H27NO/c1-10-7-8-16(17-9-18)11(2)5-6-12-14(13(10)16)15(12,3)4/h9-14H,5-8H2,1-4H3,(H,17,18)/t10-,11-,12-,13+,14-,16?/m0/s1. The lowest BCUT2D eigenvalue weighted by Crippen LogP contribution is -2.54. The fourth-order valence-electron chi connectivity index (χ4n) is 5.73. The maximum Gasteiger partial charge on any atom is 0.207 e. The Kier molecular flexibility index (Phi) is 2.60. The zero-order chi connectivity index (χ0) is 13.1. The molecule has 0 saturated heterocycles. The molecule has 3 aliphatic rings. The van der Waals surface area contributed by atoms with E-state index in [1.54, 1.807) is 0 Å². The Morgan fingerprint density at radius 1 is 1.11 bits per heavy atom. The van der Waals surface area contributed by atoms with Gasteiger partial charge < -0.3 is 5.32 Å². The average Bonchev–Trinajstić information content (AvgIpc) is 2.73. The van der Waals surface area contributed by atoms with E-state index >= 15 is 0 Å². The first kappa shape index (κ1) is 12.5. The second-order valence-electron chi connectivity index (χ2n) is 7.78. The van der Waals surface area contributed by atoms with E-state index in [0.29, 0.717) is 17.3 Å². The van der Waals surface area contributed by atoms with Crippen molar-refractivity contribution in [3.63, 3.8) is 0 Å². The third-order valence-corrected chi connectivity index (χ3v) is 6.86. The van der Waals surface area contributed by atoms with E-state index in [2.05, 4.69) is 33.0 Å². The first-order chi connectivity index (χ1) is 8.45. The van der Waals surface area contributed by atoms with Gasteiger partial charge in [-0.05, 0) is 60.7 Å². The molecule has 1 amide bonds. The molecular formula is C16H27NO. The minimum absolute atomic E-state index is 0.106. The maximum atomic E-state index is 11.1. The van der Waals surface area contributed by atoms with Gasteiger partial charge in [0.15, 0.2) is 0 Å². The fourth-order valence-corrected chi connectivity index (χ4v) is 5.73. The summed E-state index contributed by atoms with van der Waals surface area (Å²) in [5, 5.41) is 3.29. The van der Waals surface area contributed by atoms with Crippen molar-refractivity contribution < 1.29 is 4.79 Å². The van der Waals surface area contributed by atoms with Gasteiger partial charge in [0.1, 0.15) is 0 Å². The van der Waals surface area contributed by atoms with Crippen LogP contribution in [-0.4, -0.2) is 11.9 Å². The van der Waals surface area contributed by atoms with Crippen LogP contribution >= 0.6 is 0 Å². The quantitative estimate of drug-likeness (QED) is 0.748. The summed E-state index contributed by atoms with van der Waals surface area (Å²) in [5.41, 5.74) is 0.619. The second-order valence-corrected chi connectivity index (χ2v) is 7.78. The Bertz CT molecular complexity index is 364. The first-order valence-electron chi connectivity index (χ1n) is 7.66. The molecule has 0 heterocycles. The molecule has 6 atom stereocenters. The van der Waals surface area contributed by atoms with Crippen molar-refractivity contribution in [3.05, 3.63) is 0 Å². The van der Waals surface area contributed by atoms with Crippen molar-refractivity contribution in [2.45, 2.75) is 58.9 Å². The van der Waals surface area contributed by atoms with Gasteiger partial charge in [-0.15, -0.1) is 0 Å². The number of hydrogen-bond acceptors (Lipinski definition) is 1. The topological polar surface area (TPSA) is 29.1 Å². The van der Waals surface area contributed by atoms with Gasteiger partial charge in [0.25, 0.3) is 0 Å². The number of carbonyl (C=O) groups is 1. The van der Waals surface area contributed by atoms with Crippen LogP contribution in [0.5, 0.6) is 0 Å². The molecule has 0 radical (unpaired) electrons. The van der Waals surface area contributed by atoms with Crippen molar-refractivity contribution in [1.29, 1.82) is 0 Å². The van der Waals surface area contributed by atoms with Crippen LogP contribution in [0.25, 0.3) is 0 Å². The van der Waals surface area contributed by atoms with Gasteiger partial charge in [0, 0.05) is 5.54 Å². The van der Waals surface area contributed by atoms with E-state index in [9.17, 15) is 4.79 Å². The first-order valence-corrected chi connectivity index (χ1v) is 7.66. The molecule has 0 aliphatic heterocycles. The van der Waals surface area contributed by atoms with E-state index in [1.807, 2.05) is 0 Å². The number of nitrogens with one attached hydrogen (secondary N) is 1. The molecule has 3 saturated carbocycles. The fraction of sp³-hybridized carbons (Fsp3) is 0.938. The maximum absolute atomic E-state index is 11.1. The van der Waals surface area contributed by atoms with E-state index in [-0.39, 0.29) is 5.54 Å². The van der Waals surface area contributed by atoms with Crippen molar-refractivity contribution in [2.24, 2.45) is 35.0 Å². The molecule has 1 unspecified atom stereocenters. The Morgan fingerprint density at radius 3 is 2.50 bits per heavy atom. The predicted molar refractivity (Wildman–Crippen MR) is 73.0 cm³/mol. The summed E-state index contributed by atoms with van der Waals surface area (Å²) < 4.78 is 0. The third-order valence-electron chi connectivity index (χ3n) is 6.86. The van der Waals surface area contributed by atoms with Crippen molar-refractivity contribution in [3.8, 4) is 0 Å². The molecule has 2 heteroatoms. The zero-order valence-corrected chi connectivity index (χ0v) is 12.2. The molecule has 0 aromatic rings. The predicted octanol–water partition coefficient (Wildman–Crippen LogP) is 3.22. The highest BCUT2D eigenvalue weighted by molar-refractivity contribution is 5.49. The van der Waals surface area contributed by atoms with Crippen LogP contribution in [0.3, 0.4) is 0 Å². The Labute approximate surface area is 111 Å². The third kappa shape index (κ3) is 1.38. The highest BCUT2D eigenvalue weighted by Crippen LogP contribution is 2.71. The van der Waals surface area contributed by atoms with Crippen LogP contribution in [0.2, 0.25) is 0 Å². The summed E-state index contributed by atoms with van der Waals surface area (Å²) in [4.78, 5) is 11.1. The van der Waals surface area contributed by atoms with Gasteiger partial charge in [-0.1, -0.05) is 27.7 Å². The van der Waals surface area contributed by atoms with E-state index in [0.717, 1.165) is 24.2 Å². The molecule has 3 aliphatic carbocycles. The molecule has 0 bridgehead atoms. The van der Waals surface area contributed by atoms with E-state index < -0.39 is 0 Å². The van der Waals surface area contributed by atoms with Crippen LogP contribution in [0.1, 0.15) is 53.4 Å². The molecule has 102 valence electrons. The minimum Gasteiger partial charge on any atom is -0.353 e. The Morgan fingerprint density at radius 2 is 1.83 bits per heavy atom. The summed E-state index contributed by atoms with van der Waals surface area (Å²) in [5.74, 6) is 3.86. The molecule has 0 spiro atoms. The smallest absolute Gasteiger partial charge is 0.207 e. The average molecular weight is 249 g/mol. The molecule has 3 rings (SSSR count). The molecule has 18 heavy (non-hydrogen) atoms. The highest BCUT2D eigenvalue weighted by atomic mass is 16.1. The summed E-state index contributed by atoms with van der Waals surface area (Å²) in [7, 11) is 0. The monoisotopic (exact) mass is 249 g/mol. The lowest BCUT2D eigenvalue weighted by molar-refractivity contribution is -0.112. The highest BCUT2D eigenvalue weighted by Gasteiger charge is 2.68. The van der Waals surface area contributed by atoms with Crippen LogP contribution in [0.4, 0.5) is 0 Å². The molecule has 0 aromatic heterocycles. The van der Waals surface area contributed by atoms with Crippen LogP contribution in [-0.2, 0) is 4.79 Å². The van der Waals surface area contributed by atoms with Gasteiger partial charge in [-0.3, -0.25) is 4.79 Å². The van der Waals surface area contributed by atoms with Crippen LogP contribution in [0.15, 0.2) is 0 Å². The normalized spacial score (nSPS) is 53.0. The van der Waals surface area contributed by atoms with E-state index in [4.69, 9.17) is 0 Å². The van der Waals surface area contributed by atoms with Crippen molar-refractivity contribution >= 4 is 6.41 Å². The van der Waals surface area contributed by atoms with E-state index in [1.165, 1.54) is 25.7 Å². The molecule has 2 nitrogen and oxygen atoms in total.